The minimum Gasteiger partial charge on any atom is -0.369 e. The number of nitrogens with one attached hydrogen (secondary N) is 2. The first-order chi connectivity index (χ1) is 12.1. The molecule has 2 aliphatic heterocycles. The second-order valence-electron chi connectivity index (χ2n) is 7.44. The number of primary amides is 1. The Balaban J connectivity index is 1.90. The summed E-state index contributed by atoms with van der Waals surface area (Å²) in [5.74, 6) is -0.883. The van der Waals surface area contributed by atoms with E-state index in [4.69, 9.17) is 5.73 Å². The lowest BCUT2D eigenvalue weighted by Crippen LogP contribution is -2.56. The maximum Gasteiger partial charge on any atom is 0.315 e. The Bertz CT molecular complexity index is 656. The molecule has 0 radical (unpaired) electrons. The summed E-state index contributed by atoms with van der Waals surface area (Å²) in [6.45, 7) is 4.53. The standard InChI is InChI=1S/C16H28N4O5S/c1-10(2)13(15(22)20-6-3-11(4-7-20)14(17)21)19-16(23)18-12-5-8-26(24,25)9-12/h10-13H,3-9H2,1-2H3,(H2,17,21)(H2,18,19,23). The van der Waals surface area contributed by atoms with E-state index in [-0.39, 0.29) is 35.2 Å². The van der Waals surface area contributed by atoms with Crippen molar-refractivity contribution in [1.82, 2.24) is 15.5 Å². The number of rotatable bonds is 5. The van der Waals surface area contributed by atoms with Crippen LogP contribution in [-0.2, 0) is 19.4 Å². The zero-order chi connectivity index (χ0) is 19.5. The number of nitrogens with zero attached hydrogens (tertiary/aromatic N) is 1. The van der Waals surface area contributed by atoms with E-state index in [1.165, 1.54) is 0 Å². The maximum atomic E-state index is 12.8. The van der Waals surface area contributed by atoms with Gasteiger partial charge in [0.2, 0.25) is 11.8 Å². The van der Waals surface area contributed by atoms with Gasteiger partial charge in [0.15, 0.2) is 9.84 Å². The van der Waals surface area contributed by atoms with Crippen molar-refractivity contribution in [1.29, 1.82) is 0 Å². The number of hydrogen-bond acceptors (Lipinski definition) is 5. The normalized spacial score (nSPS) is 24.3. The van der Waals surface area contributed by atoms with Crippen molar-refractivity contribution in [3.05, 3.63) is 0 Å². The lowest BCUT2D eigenvalue weighted by Gasteiger charge is -2.34. The number of carbonyl (C=O) groups excluding carboxylic acids is 3. The SMILES string of the molecule is CC(C)C(NC(=O)NC1CCS(=O)(=O)C1)C(=O)N1CCC(C(N)=O)CC1. The maximum absolute atomic E-state index is 12.8. The van der Waals surface area contributed by atoms with Crippen molar-refractivity contribution in [2.75, 3.05) is 24.6 Å². The minimum absolute atomic E-state index is 0.0681. The van der Waals surface area contributed by atoms with E-state index >= 15 is 0 Å². The predicted molar refractivity (Wildman–Crippen MR) is 95.9 cm³/mol. The molecule has 2 heterocycles. The van der Waals surface area contributed by atoms with Crippen molar-refractivity contribution < 1.29 is 22.8 Å². The molecule has 148 valence electrons. The Morgan fingerprint density at radius 2 is 1.73 bits per heavy atom. The molecule has 0 aromatic heterocycles. The van der Waals surface area contributed by atoms with Gasteiger partial charge in [-0.3, -0.25) is 9.59 Å². The number of likely N-dealkylation sites (tertiary alicyclic amines) is 1. The van der Waals surface area contributed by atoms with Crippen LogP contribution in [0.2, 0.25) is 0 Å². The summed E-state index contributed by atoms with van der Waals surface area (Å²) in [6.07, 6.45) is 1.44. The van der Waals surface area contributed by atoms with Crippen LogP contribution in [0.1, 0.15) is 33.1 Å². The highest BCUT2D eigenvalue weighted by Gasteiger charge is 2.34. The molecule has 0 spiro atoms. The van der Waals surface area contributed by atoms with E-state index < -0.39 is 28.0 Å². The quantitative estimate of drug-likeness (QED) is 0.567. The molecule has 2 atom stereocenters. The van der Waals surface area contributed by atoms with Gasteiger partial charge < -0.3 is 21.3 Å². The van der Waals surface area contributed by atoms with Crippen molar-refractivity contribution in [2.45, 2.75) is 45.2 Å². The van der Waals surface area contributed by atoms with Crippen LogP contribution in [0, 0.1) is 11.8 Å². The van der Waals surface area contributed by atoms with Crippen LogP contribution in [-0.4, -0.2) is 67.8 Å². The lowest BCUT2D eigenvalue weighted by molar-refractivity contribution is -0.137. The number of carbonyl (C=O) groups is 3. The van der Waals surface area contributed by atoms with Gasteiger partial charge in [-0.05, 0) is 25.2 Å². The van der Waals surface area contributed by atoms with Crippen LogP contribution < -0.4 is 16.4 Å². The molecule has 4 amide bonds. The molecule has 2 unspecified atom stereocenters. The third kappa shape index (κ3) is 5.33. The molecule has 9 nitrogen and oxygen atoms in total. The van der Waals surface area contributed by atoms with Crippen LogP contribution in [0.15, 0.2) is 0 Å². The minimum atomic E-state index is -3.09. The highest BCUT2D eigenvalue weighted by Crippen LogP contribution is 2.19. The van der Waals surface area contributed by atoms with Gasteiger partial charge in [0, 0.05) is 25.0 Å². The average Bonchev–Trinajstić information content (AvgIpc) is 2.90. The summed E-state index contributed by atoms with van der Waals surface area (Å²) >= 11 is 0. The van der Waals surface area contributed by atoms with E-state index in [1.807, 2.05) is 13.8 Å². The predicted octanol–water partition coefficient (Wildman–Crippen LogP) is -0.779. The second-order valence-corrected chi connectivity index (χ2v) is 9.67. The number of amides is 4. The van der Waals surface area contributed by atoms with Gasteiger partial charge in [0.05, 0.1) is 11.5 Å². The van der Waals surface area contributed by atoms with Gasteiger partial charge in [-0.2, -0.15) is 0 Å². The molecular formula is C16H28N4O5S. The number of urea groups is 1. The third-order valence-electron chi connectivity index (χ3n) is 5.00. The van der Waals surface area contributed by atoms with Gasteiger partial charge in [-0.15, -0.1) is 0 Å². The molecule has 0 aliphatic carbocycles. The second kappa shape index (κ2) is 8.24. The number of sulfone groups is 1. The Morgan fingerprint density at radius 1 is 1.12 bits per heavy atom. The topological polar surface area (TPSA) is 139 Å². The van der Waals surface area contributed by atoms with Crippen LogP contribution in [0.25, 0.3) is 0 Å². The zero-order valence-electron chi connectivity index (χ0n) is 15.2. The number of nitrogens with two attached hydrogens (primary N) is 1. The van der Waals surface area contributed by atoms with Crippen LogP contribution in [0.4, 0.5) is 4.79 Å². The lowest BCUT2D eigenvalue weighted by atomic mass is 9.94. The molecule has 0 saturated carbocycles. The molecular weight excluding hydrogens is 360 g/mol. The number of hydrogen-bond donors (Lipinski definition) is 3. The zero-order valence-corrected chi connectivity index (χ0v) is 16.0. The van der Waals surface area contributed by atoms with E-state index in [0.717, 1.165) is 0 Å². The Kier molecular flexibility index (Phi) is 6.48. The van der Waals surface area contributed by atoms with Crippen molar-refractivity contribution in [2.24, 2.45) is 17.6 Å². The van der Waals surface area contributed by atoms with Gasteiger partial charge in [0.25, 0.3) is 0 Å². The first-order valence-corrected chi connectivity index (χ1v) is 10.8. The first-order valence-electron chi connectivity index (χ1n) is 8.94. The average molecular weight is 388 g/mol. The molecule has 2 aliphatic rings. The van der Waals surface area contributed by atoms with Crippen LogP contribution in [0.3, 0.4) is 0 Å². The van der Waals surface area contributed by atoms with Crippen LogP contribution in [0.5, 0.6) is 0 Å². The summed E-state index contributed by atoms with van der Waals surface area (Å²) in [5.41, 5.74) is 5.31. The highest BCUT2D eigenvalue weighted by atomic mass is 32.2. The monoisotopic (exact) mass is 388 g/mol. The number of piperidine rings is 1. The fourth-order valence-electron chi connectivity index (χ4n) is 3.37. The van der Waals surface area contributed by atoms with Crippen LogP contribution >= 0.6 is 0 Å². The van der Waals surface area contributed by atoms with E-state index in [2.05, 4.69) is 10.6 Å². The van der Waals surface area contributed by atoms with E-state index in [9.17, 15) is 22.8 Å². The highest BCUT2D eigenvalue weighted by molar-refractivity contribution is 7.91. The molecule has 2 rings (SSSR count). The summed E-state index contributed by atoms with van der Waals surface area (Å²) in [6, 6.07) is -1.67. The molecule has 2 fully saturated rings. The fourth-order valence-corrected chi connectivity index (χ4v) is 5.05. The molecule has 0 aromatic carbocycles. The summed E-state index contributed by atoms with van der Waals surface area (Å²) in [5, 5.41) is 5.31. The third-order valence-corrected chi connectivity index (χ3v) is 6.76. The van der Waals surface area contributed by atoms with Gasteiger partial charge in [-0.1, -0.05) is 13.8 Å². The smallest absolute Gasteiger partial charge is 0.315 e. The Hall–Kier alpha value is -1.84. The molecule has 4 N–H and O–H groups in total. The Labute approximate surface area is 154 Å². The molecule has 26 heavy (non-hydrogen) atoms. The molecule has 2 saturated heterocycles. The van der Waals surface area contributed by atoms with Gasteiger partial charge in [0.1, 0.15) is 6.04 Å². The van der Waals surface area contributed by atoms with E-state index in [1.54, 1.807) is 4.90 Å². The summed E-state index contributed by atoms with van der Waals surface area (Å²) in [7, 11) is -3.09. The van der Waals surface area contributed by atoms with Crippen molar-refractivity contribution >= 4 is 27.7 Å². The summed E-state index contributed by atoms with van der Waals surface area (Å²) in [4.78, 5) is 37.9. The molecule has 10 heteroatoms. The van der Waals surface area contributed by atoms with Crippen molar-refractivity contribution in [3.8, 4) is 0 Å². The van der Waals surface area contributed by atoms with E-state index in [0.29, 0.717) is 32.4 Å². The Morgan fingerprint density at radius 3 is 2.19 bits per heavy atom. The first kappa shape index (κ1) is 20.5. The fraction of sp³-hybridized carbons (Fsp3) is 0.812. The molecule has 0 aromatic rings. The van der Waals surface area contributed by atoms with Crippen molar-refractivity contribution in [3.63, 3.8) is 0 Å². The van der Waals surface area contributed by atoms with Gasteiger partial charge >= 0.3 is 6.03 Å². The summed E-state index contributed by atoms with van der Waals surface area (Å²) < 4.78 is 23.0. The molecule has 0 bridgehead atoms. The largest absolute Gasteiger partial charge is 0.369 e. The van der Waals surface area contributed by atoms with Gasteiger partial charge in [-0.25, -0.2) is 13.2 Å².